The van der Waals surface area contributed by atoms with E-state index in [0.29, 0.717) is 26.9 Å². The van der Waals surface area contributed by atoms with Gasteiger partial charge in [0.05, 0.1) is 23.2 Å². The van der Waals surface area contributed by atoms with Gasteiger partial charge in [0.2, 0.25) is 0 Å². The molecular formula is C26H22ClN3O2S. The van der Waals surface area contributed by atoms with Crippen molar-refractivity contribution in [2.75, 3.05) is 5.75 Å². The predicted octanol–water partition coefficient (Wildman–Crippen LogP) is 4.73. The Morgan fingerprint density at radius 3 is 2.27 bits per heavy atom. The van der Waals surface area contributed by atoms with Crippen LogP contribution in [0.25, 0.3) is 11.1 Å². The van der Waals surface area contributed by atoms with Gasteiger partial charge in [-0.05, 0) is 17.2 Å². The van der Waals surface area contributed by atoms with E-state index < -0.39 is 6.04 Å². The van der Waals surface area contributed by atoms with Gasteiger partial charge in [0.15, 0.2) is 0 Å². The van der Waals surface area contributed by atoms with E-state index in [9.17, 15) is 9.59 Å². The molecule has 1 aliphatic heterocycles. The van der Waals surface area contributed by atoms with Crippen LogP contribution in [0.2, 0.25) is 5.02 Å². The first-order chi connectivity index (χ1) is 16.1. The predicted molar refractivity (Wildman–Crippen MR) is 134 cm³/mol. The minimum absolute atomic E-state index is 0.0750. The van der Waals surface area contributed by atoms with Crippen LogP contribution < -0.4 is 17.0 Å². The van der Waals surface area contributed by atoms with E-state index in [1.807, 2.05) is 78.9 Å². The zero-order valence-electron chi connectivity index (χ0n) is 17.7. The fraction of sp³-hybridized carbons (Fsp3) is 0.154. The topological polar surface area (TPSA) is 70.0 Å². The number of hydrogen-bond donors (Lipinski definition) is 1. The maximum atomic E-state index is 13.7. The second kappa shape index (κ2) is 9.06. The third-order valence-corrected chi connectivity index (χ3v) is 7.44. The first-order valence-electron chi connectivity index (χ1n) is 10.7. The van der Waals surface area contributed by atoms with Crippen molar-refractivity contribution in [2.24, 2.45) is 5.73 Å². The molecule has 4 aromatic rings. The summed E-state index contributed by atoms with van der Waals surface area (Å²) >= 11 is 8.02. The smallest absolute Gasteiger partial charge is 0.322 e. The van der Waals surface area contributed by atoms with E-state index >= 15 is 0 Å². The maximum Gasteiger partial charge on any atom is 0.332 e. The molecule has 0 saturated carbocycles. The Balaban J connectivity index is 1.73. The Morgan fingerprint density at radius 2 is 1.58 bits per heavy atom. The standard InChI is InChI=1S/C26H22ClN3O2S/c27-20-14-8-7-13-19(20)23-24(31)29(15-21(28)17-9-3-1-4-10-17)26(32)30-22(16-33-25(23)30)18-11-5-2-6-12-18/h1-14,21-22H,15-16,28H2/t21-,22?/m0/s1. The lowest BCUT2D eigenvalue weighted by molar-refractivity contribution is 0.478. The second-order valence-electron chi connectivity index (χ2n) is 7.98. The average molecular weight is 476 g/mol. The average Bonchev–Trinajstić information content (AvgIpc) is 3.29. The van der Waals surface area contributed by atoms with E-state index in [0.717, 1.165) is 11.1 Å². The lowest BCUT2D eigenvalue weighted by atomic mass is 10.1. The summed E-state index contributed by atoms with van der Waals surface area (Å²) in [5, 5.41) is 1.12. The van der Waals surface area contributed by atoms with Crippen molar-refractivity contribution < 1.29 is 0 Å². The molecule has 1 aliphatic rings. The molecule has 7 heteroatoms. The molecule has 0 aliphatic carbocycles. The van der Waals surface area contributed by atoms with Crippen molar-refractivity contribution in [3.63, 3.8) is 0 Å². The van der Waals surface area contributed by atoms with Crippen LogP contribution >= 0.6 is 23.4 Å². The summed E-state index contributed by atoms with van der Waals surface area (Å²) in [6.45, 7) is 0.0750. The molecule has 0 fully saturated rings. The fourth-order valence-corrected chi connectivity index (χ4v) is 5.85. The molecule has 5 rings (SSSR count). The minimum atomic E-state index is -0.501. The van der Waals surface area contributed by atoms with Gasteiger partial charge in [0.1, 0.15) is 0 Å². The molecular weight excluding hydrogens is 454 g/mol. The largest absolute Gasteiger partial charge is 0.332 e. The van der Waals surface area contributed by atoms with Gasteiger partial charge in [-0.15, -0.1) is 11.8 Å². The lowest BCUT2D eigenvalue weighted by Gasteiger charge is -2.20. The molecule has 2 heterocycles. The fourth-order valence-electron chi connectivity index (χ4n) is 4.28. The highest BCUT2D eigenvalue weighted by atomic mass is 35.5. The van der Waals surface area contributed by atoms with Gasteiger partial charge in [-0.2, -0.15) is 0 Å². The summed E-state index contributed by atoms with van der Waals surface area (Å²) in [6.07, 6.45) is 0. The van der Waals surface area contributed by atoms with Crippen LogP contribution in [0.3, 0.4) is 0 Å². The minimum Gasteiger partial charge on any atom is -0.322 e. The molecule has 166 valence electrons. The Morgan fingerprint density at radius 1 is 0.939 bits per heavy atom. The molecule has 1 unspecified atom stereocenters. The molecule has 3 aromatic carbocycles. The molecule has 5 nitrogen and oxygen atoms in total. The number of halogens is 1. The normalized spacial score (nSPS) is 15.9. The van der Waals surface area contributed by atoms with Crippen molar-refractivity contribution in [3.05, 3.63) is 122 Å². The van der Waals surface area contributed by atoms with Crippen molar-refractivity contribution in [3.8, 4) is 11.1 Å². The first kappa shape index (κ1) is 21.8. The summed E-state index contributed by atoms with van der Waals surface area (Å²) in [7, 11) is 0. The molecule has 2 N–H and O–H groups in total. The summed E-state index contributed by atoms with van der Waals surface area (Å²) in [4.78, 5) is 27.5. The van der Waals surface area contributed by atoms with Crippen LogP contribution in [-0.4, -0.2) is 14.9 Å². The molecule has 0 amide bonds. The summed E-state index contributed by atoms with van der Waals surface area (Å²) in [5.74, 6) is 0.658. The SMILES string of the molecule is N[C@@H](Cn1c(=O)c(-c2ccccc2Cl)c2n(c1=O)C(c1ccccc1)CS2)c1ccccc1. The zero-order chi connectivity index (χ0) is 22.9. The number of thioether (sulfide) groups is 1. The van der Waals surface area contributed by atoms with E-state index in [1.165, 1.54) is 16.3 Å². The number of hydrogen-bond acceptors (Lipinski definition) is 4. The van der Waals surface area contributed by atoms with E-state index in [1.54, 1.807) is 10.6 Å². The van der Waals surface area contributed by atoms with Gasteiger partial charge in [0, 0.05) is 22.4 Å². The molecule has 0 bridgehead atoms. The molecule has 2 atom stereocenters. The third kappa shape index (κ3) is 3.95. The lowest BCUT2D eigenvalue weighted by Crippen LogP contribution is -2.43. The molecule has 0 radical (unpaired) electrons. The zero-order valence-corrected chi connectivity index (χ0v) is 19.3. The highest BCUT2D eigenvalue weighted by Gasteiger charge is 2.32. The molecule has 1 aromatic heterocycles. The maximum absolute atomic E-state index is 13.7. The van der Waals surface area contributed by atoms with Crippen molar-refractivity contribution in [1.29, 1.82) is 0 Å². The number of nitrogens with zero attached hydrogens (tertiary/aromatic N) is 2. The van der Waals surface area contributed by atoms with Gasteiger partial charge in [-0.25, -0.2) is 4.79 Å². The van der Waals surface area contributed by atoms with Crippen LogP contribution in [0.1, 0.15) is 23.2 Å². The van der Waals surface area contributed by atoms with Crippen molar-refractivity contribution in [2.45, 2.75) is 23.7 Å². The third-order valence-electron chi connectivity index (χ3n) is 5.95. The Kier molecular flexibility index (Phi) is 5.98. The molecule has 0 saturated heterocycles. The summed E-state index contributed by atoms with van der Waals surface area (Å²) in [5.41, 5.74) is 8.67. The number of nitrogens with two attached hydrogens (primary N) is 1. The summed E-state index contributed by atoms with van der Waals surface area (Å²) in [6, 6.07) is 25.9. The van der Waals surface area contributed by atoms with Gasteiger partial charge < -0.3 is 5.73 Å². The van der Waals surface area contributed by atoms with Crippen LogP contribution in [0, 0.1) is 0 Å². The van der Waals surface area contributed by atoms with Crippen molar-refractivity contribution >= 4 is 23.4 Å². The van der Waals surface area contributed by atoms with Crippen LogP contribution in [0.4, 0.5) is 0 Å². The van der Waals surface area contributed by atoms with Crippen LogP contribution in [-0.2, 0) is 6.54 Å². The number of benzene rings is 3. The van der Waals surface area contributed by atoms with Gasteiger partial charge in [0.25, 0.3) is 5.56 Å². The first-order valence-corrected chi connectivity index (χ1v) is 12.0. The van der Waals surface area contributed by atoms with Crippen LogP contribution in [0.5, 0.6) is 0 Å². The highest BCUT2D eigenvalue weighted by Crippen LogP contribution is 2.41. The highest BCUT2D eigenvalue weighted by molar-refractivity contribution is 7.99. The molecule has 0 spiro atoms. The van der Waals surface area contributed by atoms with Crippen molar-refractivity contribution in [1.82, 2.24) is 9.13 Å². The monoisotopic (exact) mass is 475 g/mol. The quantitative estimate of drug-likeness (QED) is 0.424. The van der Waals surface area contributed by atoms with E-state index in [-0.39, 0.29) is 23.8 Å². The Labute approximate surface area is 200 Å². The second-order valence-corrected chi connectivity index (χ2v) is 9.40. The van der Waals surface area contributed by atoms with E-state index in [4.69, 9.17) is 17.3 Å². The Hall–Kier alpha value is -3.06. The van der Waals surface area contributed by atoms with Gasteiger partial charge in [-0.1, -0.05) is 90.5 Å². The molecule has 33 heavy (non-hydrogen) atoms. The van der Waals surface area contributed by atoms with Gasteiger partial charge >= 0.3 is 5.69 Å². The summed E-state index contributed by atoms with van der Waals surface area (Å²) < 4.78 is 3.00. The van der Waals surface area contributed by atoms with Gasteiger partial charge in [-0.3, -0.25) is 13.9 Å². The number of aromatic nitrogens is 2. The number of fused-ring (bicyclic) bond motifs is 1. The van der Waals surface area contributed by atoms with E-state index in [2.05, 4.69) is 0 Å². The Bertz CT molecular complexity index is 1420. The number of rotatable bonds is 5. The van der Waals surface area contributed by atoms with Crippen LogP contribution in [0.15, 0.2) is 99.5 Å².